The normalized spacial score (nSPS) is 27.0. The zero-order valence-corrected chi connectivity index (χ0v) is 13.6. The first-order valence-electron chi connectivity index (χ1n) is 8.44. The lowest BCUT2D eigenvalue weighted by Crippen LogP contribution is -2.54. The fraction of sp³-hybridized carbons (Fsp3) is 0.938. The van der Waals surface area contributed by atoms with Crippen LogP contribution >= 0.6 is 0 Å². The second kappa shape index (κ2) is 7.56. The number of hydrogen-bond acceptors (Lipinski definition) is 4. The SMILES string of the molecule is CNC(C)(CCCCN1CCN2CCCCC2C1)C(=O)O. The second-order valence-electron chi connectivity index (χ2n) is 6.83. The van der Waals surface area contributed by atoms with Gasteiger partial charge in [0.25, 0.3) is 0 Å². The number of carboxylic acid groups (broad SMARTS) is 1. The Kier molecular flexibility index (Phi) is 6.02. The van der Waals surface area contributed by atoms with Gasteiger partial charge in [0.2, 0.25) is 0 Å². The highest BCUT2D eigenvalue weighted by Crippen LogP contribution is 2.21. The van der Waals surface area contributed by atoms with Gasteiger partial charge in [-0.25, -0.2) is 0 Å². The summed E-state index contributed by atoms with van der Waals surface area (Å²) >= 11 is 0. The van der Waals surface area contributed by atoms with Crippen LogP contribution in [0.25, 0.3) is 0 Å². The third-order valence-corrected chi connectivity index (χ3v) is 5.35. The topological polar surface area (TPSA) is 55.8 Å². The Morgan fingerprint density at radius 3 is 2.81 bits per heavy atom. The van der Waals surface area contributed by atoms with Crippen molar-refractivity contribution in [2.24, 2.45) is 0 Å². The second-order valence-corrected chi connectivity index (χ2v) is 6.83. The van der Waals surface area contributed by atoms with Crippen molar-refractivity contribution in [1.82, 2.24) is 15.1 Å². The van der Waals surface area contributed by atoms with Crippen LogP contribution < -0.4 is 5.32 Å². The van der Waals surface area contributed by atoms with E-state index in [0.29, 0.717) is 6.42 Å². The van der Waals surface area contributed by atoms with Gasteiger partial charge >= 0.3 is 5.97 Å². The molecule has 0 aromatic rings. The van der Waals surface area contributed by atoms with E-state index in [4.69, 9.17) is 0 Å². The van der Waals surface area contributed by atoms with E-state index in [0.717, 1.165) is 25.4 Å². The molecule has 2 aliphatic heterocycles. The Hall–Kier alpha value is -0.650. The Bertz CT molecular complexity index is 350. The van der Waals surface area contributed by atoms with Crippen LogP contribution in [0.4, 0.5) is 0 Å². The number of hydrogen-bond donors (Lipinski definition) is 2. The van der Waals surface area contributed by atoms with E-state index in [1.807, 2.05) is 0 Å². The molecule has 5 nitrogen and oxygen atoms in total. The van der Waals surface area contributed by atoms with Gasteiger partial charge < -0.3 is 15.3 Å². The van der Waals surface area contributed by atoms with E-state index in [1.54, 1.807) is 14.0 Å². The van der Waals surface area contributed by atoms with E-state index in [2.05, 4.69) is 15.1 Å². The Labute approximate surface area is 128 Å². The van der Waals surface area contributed by atoms with Crippen molar-refractivity contribution in [1.29, 1.82) is 0 Å². The van der Waals surface area contributed by atoms with Crippen molar-refractivity contribution in [3.8, 4) is 0 Å². The third kappa shape index (κ3) is 4.41. The first-order chi connectivity index (χ1) is 10.0. The smallest absolute Gasteiger partial charge is 0.323 e. The molecule has 2 fully saturated rings. The van der Waals surface area contributed by atoms with Crippen LogP contribution in [0.1, 0.15) is 45.4 Å². The lowest BCUT2D eigenvalue weighted by molar-refractivity contribution is -0.144. The lowest BCUT2D eigenvalue weighted by atomic mass is 9.95. The molecule has 21 heavy (non-hydrogen) atoms. The van der Waals surface area contributed by atoms with Crippen LogP contribution in [0.15, 0.2) is 0 Å². The van der Waals surface area contributed by atoms with Gasteiger partial charge in [-0.3, -0.25) is 9.69 Å². The highest BCUT2D eigenvalue weighted by atomic mass is 16.4. The third-order valence-electron chi connectivity index (χ3n) is 5.35. The van der Waals surface area contributed by atoms with Crippen LogP contribution in [0.5, 0.6) is 0 Å². The molecule has 0 aromatic carbocycles. The van der Waals surface area contributed by atoms with Crippen LogP contribution in [0.2, 0.25) is 0 Å². The number of nitrogens with zero attached hydrogens (tertiary/aromatic N) is 2. The highest BCUT2D eigenvalue weighted by Gasteiger charge is 2.31. The standard InChI is InChI=1S/C16H31N3O2/c1-16(17-2,15(20)21)8-4-6-9-18-11-12-19-10-5-3-7-14(19)13-18/h14,17H,3-13H2,1-2H3,(H,20,21). The van der Waals surface area contributed by atoms with Gasteiger partial charge in [0.1, 0.15) is 5.54 Å². The average molecular weight is 297 g/mol. The Morgan fingerprint density at radius 2 is 2.10 bits per heavy atom. The number of likely N-dealkylation sites (N-methyl/N-ethyl adjacent to an activating group) is 1. The summed E-state index contributed by atoms with van der Waals surface area (Å²) in [5.74, 6) is -0.749. The molecule has 0 saturated carbocycles. The summed E-state index contributed by atoms with van der Waals surface area (Å²) in [6, 6.07) is 0.772. The van der Waals surface area contributed by atoms with E-state index >= 15 is 0 Å². The fourth-order valence-electron chi connectivity index (χ4n) is 3.58. The molecular weight excluding hydrogens is 266 g/mol. The van der Waals surface area contributed by atoms with Gasteiger partial charge in [-0.2, -0.15) is 0 Å². The molecule has 5 heteroatoms. The molecule has 0 aliphatic carbocycles. The van der Waals surface area contributed by atoms with Crippen LogP contribution in [0, 0.1) is 0 Å². The lowest BCUT2D eigenvalue weighted by Gasteiger charge is -2.44. The summed E-state index contributed by atoms with van der Waals surface area (Å²) < 4.78 is 0. The molecule has 2 N–H and O–H groups in total. The van der Waals surface area contributed by atoms with Crippen molar-refractivity contribution in [3.05, 3.63) is 0 Å². The summed E-state index contributed by atoms with van der Waals surface area (Å²) in [5.41, 5.74) is -0.776. The molecule has 0 aromatic heterocycles. The van der Waals surface area contributed by atoms with Crippen molar-refractivity contribution in [2.75, 3.05) is 39.8 Å². The van der Waals surface area contributed by atoms with Gasteiger partial charge in [-0.1, -0.05) is 6.42 Å². The summed E-state index contributed by atoms with van der Waals surface area (Å²) in [6.07, 6.45) is 6.86. The van der Waals surface area contributed by atoms with E-state index in [9.17, 15) is 9.90 Å². The van der Waals surface area contributed by atoms with E-state index in [1.165, 1.54) is 45.4 Å². The van der Waals surface area contributed by atoms with E-state index in [-0.39, 0.29) is 0 Å². The largest absolute Gasteiger partial charge is 0.480 e. The fourth-order valence-corrected chi connectivity index (χ4v) is 3.58. The first kappa shape index (κ1) is 16.7. The molecular formula is C16H31N3O2. The summed E-state index contributed by atoms with van der Waals surface area (Å²) in [4.78, 5) is 16.5. The molecule has 0 bridgehead atoms. The number of rotatable bonds is 7. The van der Waals surface area contributed by atoms with Gasteiger partial charge in [-0.05, 0) is 59.2 Å². The minimum absolute atomic E-state index is 0.697. The zero-order chi connectivity index (χ0) is 15.3. The number of unbranched alkanes of at least 4 members (excludes halogenated alkanes) is 1. The Balaban J connectivity index is 1.66. The molecule has 122 valence electrons. The van der Waals surface area contributed by atoms with Gasteiger partial charge in [0.05, 0.1) is 0 Å². The number of carbonyl (C=O) groups is 1. The summed E-state index contributed by atoms with van der Waals surface area (Å²) in [6.45, 7) is 7.78. The number of aliphatic carboxylic acids is 1. The minimum atomic E-state index is -0.776. The van der Waals surface area contributed by atoms with Crippen molar-refractivity contribution in [3.63, 3.8) is 0 Å². The summed E-state index contributed by atoms with van der Waals surface area (Å²) in [7, 11) is 1.73. The number of piperazine rings is 1. The first-order valence-corrected chi connectivity index (χ1v) is 8.44. The van der Waals surface area contributed by atoms with Crippen molar-refractivity contribution in [2.45, 2.75) is 57.0 Å². The monoisotopic (exact) mass is 297 g/mol. The number of carboxylic acids is 1. The highest BCUT2D eigenvalue weighted by molar-refractivity contribution is 5.78. The zero-order valence-electron chi connectivity index (χ0n) is 13.6. The number of piperidine rings is 1. The van der Waals surface area contributed by atoms with Gasteiger partial charge in [-0.15, -0.1) is 0 Å². The predicted octanol–water partition coefficient (Wildman–Crippen LogP) is 1.39. The molecule has 0 radical (unpaired) electrons. The average Bonchev–Trinajstić information content (AvgIpc) is 2.51. The molecule has 2 atom stereocenters. The van der Waals surface area contributed by atoms with Crippen LogP contribution in [0.3, 0.4) is 0 Å². The molecule has 0 spiro atoms. The van der Waals surface area contributed by atoms with Crippen LogP contribution in [-0.2, 0) is 4.79 Å². The van der Waals surface area contributed by atoms with E-state index < -0.39 is 11.5 Å². The molecule has 2 heterocycles. The maximum atomic E-state index is 11.2. The molecule has 2 aliphatic rings. The predicted molar refractivity (Wildman–Crippen MR) is 84.6 cm³/mol. The maximum Gasteiger partial charge on any atom is 0.323 e. The maximum absolute atomic E-state index is 11.2. The molecule has 0 amide bonds. The van der Waals surface area contributed by atoms with Crippen molar-refractivity contribution < 1.29 is 9.90 Å². The van der Waals surface area contributed by atoms with Crippen molar-refractivity contribution >= 4 is 5.97 Å². The molecule has 2 saturated heterocycles. The minimum Gasteiger partial charge on any atom is -0.480 e. The van der Waals surface area contributed by atoms with Gasteiger partial charge in [0.15, 0.2) is 0 Å². The van der Waals surface area contributed by atoms with Crippen LogP contribution in [-0.4, -0.2) is 72.2 Å². The quantitative estimate of drug-likeness (QED) is 0.696. The van der Waals surface area contributed by atoms with Gasteiger partial charge in [0, 0.05) is 25.7 Å². The summed E-state index contributed by atoms with van der Waals surface area (Å²) in [5, 5.41) is 12.2. The number of nitrogens with one attached hydrogen (secondary N) is 1. The Morgan fingerprint density at radius 1 is 1.29 bits per heavy atom. The molecule has 2 unspecified atom stereocenters. The number of fused-ring (bicyclic) bond motifs is 1. The molecule has 2 rings (SSSR count).